The number of carbonyl (C=O) groups excluding carboxylic acids is 1. The number of rotatable bonds is 8. The fourth-order valence-electron chi connectivity index (χ4n) is 2.68. The molecule has 0 spiro atoms. The number of nitrogens with zero attached hydrogens (tertiary/aromatic N) is 1. The summed E-state index contributed by atoms with van der Waals surface area (Å²) >= 11 is 1.60. The van der Waals surface area contributed by atoms with E-state index < -0.39 is 6.10 Å². The number of aryl methyl sites for hydroxylation is 1. The third-order valence-corrected chi connectivity index (χ3v) is 5.23. The van der Waals surface area contributed by atoms with Crippen molar-refractivity contribution in [1.29, 1.82) is 0 Å². The summed E-state index contributed by atoms with van der Waals surface area (Å²) in [5.74, 6) is -0.0374. The lowest BCUT2D eigenvalue weighted by Crippen LogP contribution is -2.38. The van der Waals surface area contributed by atoms with Crippen LogP contribution < -0.4 is 10.1 Å². The predicted molar refractivity (Wildman–Crippen MR) is 110 cm³/mol. The van der Waals surface area contributed by atoms with Crippen molar-refractivity contribution < 1.29 is 13.9 Å². The Morgan fingerprint density at radius 2 is 1.89 bits per heavy atom. The van der Waals surface area contributed by atoms with Crippen molar-refractivity contribution in [3.05, 3.63) is 71.0 Å². The highest BCUT2D eigenvalue weighted by Crippen LogP contribution is 2.24. The zero-order valence-corrected chi connectivity index (χ0v) is 16.8. The van der Waals surface area contributed by atoms with Crippen LogP contribution in [0.25, 0.3) is 10.6 Å². The first kappa shape index (κ1) is 20.0. The second-order valence-corrected chi connectivity index (χ2v) is 7.38. The fourth-order valence-corrected chi connectivity index (χ4v) is 3.54. The molecule has 1 atom stereocenters. The summed E-state index contributed by atoms with van der Waals surface area (Å²) in [7, 11) is 0. The molecule has 1 aromatic heterocycles. The number of benzene rings is 2. The molecular formula is C22H23FN2O2S. The number of amides is 1. The maximum atomic E-state index is 13.0. The smallest absolute Gasteiger partial charge is 0.261 e. The van der Waals surface area contributed by atoms with E-state index >= 15 is 0 Å². The van der Waals surface area contributed by atoms with Crippen LogP contribution in [0, 0.1) is 12.7 Å². The third kappa shape index (κ3) is 5.39. The van der Waals surface area contributed by atoms with Crippen molar-refractivity contribution >= 4 is 17.2 Å². The molecule has 0 radical (unpaired) electrons. The van der Waals surface area contributed by atoms with Gasteiger partial charge in [0.1, 0.15) is 16.6 Å². The lowest BCUT2D eigenvalue weighted by molar-refractivity contribution is -0.128. The Balaban J connectivity index is 1.50. The van der Waals surface area contributed by atoms with Gasteiger partial charge in [0.15, 0.2) is 6.10 Å². The Hall–Kier alpha value is -2.73. The van der Waals surface area contributed by atoms with Gasteiger partial charge < -0.3 is 10.1 Å². The molecule has 4 nitrogen and oxygen atoms in total. The normalized spacial score (nSPS) is 11.8. The van der Waals surface area contributed by atoms with Crippen LogP contribution in [-0.4, -0.2) is 23.5 Å². The van der Waals surface area contributed by atoms with Gasteiger partial charge in [-0.3, -0.25) is 4.79 Å². The van der Waals surface area contributed by atoms with Gasteiger partial charge in [-0.2, -0.15) is 0 Å². The standard InChI is InChI=1S/C22H23FN2O2S/c1-3-20(27-19-10-8-17(23)9-11-19)21(26)24-13-12-18-14-28-22(25-18)16-6-4-15(2)5-7-16/h4-11,14,20H,3,12-13H2,1-2H3,(H,24,26). The molecule has 0 aliphatic rings. The largest absolute Gasteiger partial charge is 0.481 e. The van der Waals surface area contributed by atoms with Gasteiger partial charge >= 0.3 is 0 Å². The molecule has 0 aliphatic carbocycles. The number of thiazole rings is 1. The Kier molecular flexibility index (Phi) is 6.76. The summed E-state index contributed by atoms with van der Waals surface area (Å²) in [4.78, 5) is 17.0. The molecule has 1 heterocycles. The number of hydrogen-bond donors (Lipinski definition) is 1. The summed E-state index contributed by atoms with van der Waals surface area (Å²) in [6.07, 6.45) is 0.572. The number of hydrogen-bond acceptors (Lipinski definition) is 4. The Morgan fingerprint density at radius 3 is 2.57 bits per heavy atom. The third-order valence-electron chi connectivity index (χ3n) is 4.29. The van der Waals surface area contributed by atoms with E-state index in [-0.39, 0.29) is 11.7 Å². The molecule has 2 aromatic carbocycles. The van der Waals surface area contributed by atoms with Gasteiger partial charge in [0.2, 0.25) is 0 Å². The van der Waals surface area contributed by atoms with Crippen molar-refractivity contribution in [3.63, 3.8) is 0 Å². The summed E-state index contributed by atoms with van der Waals surface area (Å²) < 4.78 is 18.6. The number of nitrogens with one attached hydrogen (secondary N) is 1. The van der Waals surface area contributed by atoms with Crippen LogP contribution in [0.4, 0.5) is 4.39 Å². The maximum Gasteiger partial charge on any atom is 0.261 e. The summed E-state index contributed by atoms with van der Waals surface area (Å²) in [5.41, 5.74) is 3.27. The van der Waals surface area contributed by atoms with Crippen LogP contribution in [-0.2, 0) is 11.2 Å². The lowest BCUT2D eigenvalue weighted by Gasteiger charge is -2.17. The number of aromatic nitrogens is 1. The van der Waals surface area contributed by atoms with Crippen LogP contribution in [0.15, 0.2) is 53.9 Å². The van der Waals surface area contributed by atoms with E-state index in [0.717, 1.165) is 16.3 Å². The van der Waals surface area contributed by atoms with E-state index in [2.05, 4.69) is 41.5 Å². The number of ether oxygens (including phenoxy) is 1. The van der Waals surface area contributed by atoms with Crippen LogP contribution in [0.5, 0.6) is 5.75 Å². The summed E-state index contributed by atoms with van der Waals surface area (Å²) in [6, 6.07) is 13.9. The molecule has 3 aromatic rings. The number of halogens is 1. The second kappa shape index (κ2) is 9.46. The van der Waals surface area contributed by atoms with Crippen LogP contribution in [0.1, 0.15) is 24.6 Å². The van der Waals surface area contributed by atoms with Crippen molar-refractivity contribution in [1.82, 2.24) is 10.3 Å². The van der Waals surface area contributed by atoms with Gasteiger partial charge in [0, 0.05) is 23.9 Å². The fraction of sp³-hybridized carbons (Fsp3) is 0.273. The molecule has 6 heteroatoms. The van der Waals surface area contributed by atoms with E-state index in [1.807, 2.05) is 12.3 Å². The quantitative estimate of drug-likeness (QED) is 0.594. The van der Waals surface area contributed by atoms with Crippen molar-refractivity contribution in [2.24, 2.45) is 0 Å². The predicted octanol–water partition coefficient (Wildman–Crippen LogP) is 4.77. The maximum absolute atomic E-state index is 13.0. The van der Waals surface area contributed by atoms with E-state index in [4.69, 9.17) is 4.74 Å². The van der Waals surface area contributed by atoms with E-state index in [0.29, 0.717) is 25.1 Å². The molecular weight excluding hydrogens is 375 g/mol. The van der Waals surface area contributed by atoms with Gasteiger partial charge in [0.05, 0.1) is 5.69 Å². The Bertz CT molecular complexity index is 907. The average Bonchev–Trinajstić information content (AvgIpc) is 3.17. The van der Waals surface area contributed by atoms with E-state index in [9.17, 15) is 9.18 Å². The Labute approximate surface area is 168 Å². The van der Waals surface area contributed by atoms with Gasteiger partial charge in [-0.1, -0.05) is 36.8 Å². The minimum Gasteiger partial charge on any atom is -0.481 e. The molecule has 0 fully saturated rings. The lowest BCUT2D eigenvalue weighted by atomic mass is 10.2. The van der Waals surface area contributed by atoms with Gasteiger partial charge in [-0.15, -0.1) is 11.3 Å². The minimum atomic E-state index is -0.607. The highest BCUT2D eigenvalue weighted by atomic mass is 32.1. The molecule has 0 aliphatic heterocycles. The zero-order chi connectivity index (χ0) is 19.9. The van der Waals surface area contributed by atoms with Crippen LogP contribution in [0.3, 0.4) is 0 Å². The molecule has 0 saturated carbocycles. The highest BCUT2D eigenvalue weighted by Gasteiger charge is 2.18. The monoisotopic (exact) mass is 398 g/mol. The summed E-state index contributed by atoms with van der Waals surface area (Å²) in [6.45, 7) is 4.42. The highest BCUT2D eigenvalue weighted by molar-refractivity contribution is 7.13. The van der Waals surface area contributed by atoms with Crippen molar-refractivity contribution in [2.75, 3.05) is 6.54 Å². The Morgan fingerprint density at radius 1 is 1.18 bits per heavy atom. The van der Waals surface area contributed by atoms with E-state index in [1.165, 1.54) is 29.8 Å². The minimum absolute atomic E-state index is 0.180. The molecule has 3 rings (SSSR count). The molecule has 28 heavy (non-hydrogen) atoms. The molecule has 1 amide bonds. The number of carbonyl (C=O) groups is 1. The first-order valence-electron chi connectivity index (χ1n) is 9.26. The topological polar surface area (TPSA) is 51.2 Å². The first-order valence-corrected chi connectivity index (χ1v) is 10.1. The van der Waals surface area contributed by atoms with Gasteiger partial charge in [-0.25, -0.2) is 9.37 Å². The molecule has 1 unspecified atom stereocenters. The summed E-state index contributed by atoms with van der Waals surface area (Å²) in [5, 5.41) is 5.90. The molecule has 1 N–H and O–H groups in total. The van der Waals surface area contributed by atoms with Crippen molar-refractivity contribution in [2.45, 2.75) is 32.8 Å². The van der Waals surface area contributed by atoms with Crippen LogP contribution in [0.2, 0.25) is 0 Å². The first-order chi connectivity index (χ1) is 13.5. The zero-order valence-electron chi connectivity index (χ0n) is 15.9. The van der Waals surface area contributed by atoms with Gasteiger partial charge in [-0.05, 0) is 37.6 Å². The van der Waals surface area contributed by atoms with E-state index in [1.54, 1.807) is 11.3 Å². The van der Waals surface area contributed by atoms with Gasteiger partial charge in [0.25, 0.3) is 5.91 Å². The SMILES string of the molecule is CCC(Oc1ccc(F)cc1)C(=O)NCCc1csc(-c2ccc(C)cc2)n1. The molecule has 0 saturated heterocycles. The molecule has 146 valence electrons. The average molecular weight is 399 g/mol. The molecule has 0 bridgehead atoms. The second-order valence-electron chi connectivity index (χ2n) is 6.52. The van der Waals surface area contributed by atoms with Crippen LogP contribution >= 0.6 is 11.3 Å². The van der Waals surface area contributed by atoms with Crippen molar-refractivity contribution in [3.8, 4) is 16.3 Å².